The number of aliphatic carboxylic acids is 1. The molecule has 0 atom stereocenters. The second-order valence-corrected chi connectivity index (χ2v) is 2.94. The summed E-state index contributed by atoms with van der Waals surface area (Å²) in [5.74, 6) is -1.10. The monoisotopic (exact) mass is 170 g/mol. The van der Waals surface area contributed by atoms with Crippen LogP contribution in [0.15, 0.2) is 0 Å². The van der Waals surface area contributed by atoms with Crippen LogP contribution in [0, 0.1) is 5.92 Å². The topological polar surface area (TPSA) is 57.5 Å². The number of carboxylic acids is 1. The molecule has 0 heterocycles. The minimum atomic E-state index is -0.790. The maximum atomic E-state index is 10.2. The first-order chi connectivity index (χ1) is 4.01. The third-order valence-electron chi connectivity index (χ3n) is 1.72. The van der Waals surface area contributed by atoms with Crippen LogP contribution in [0.1, 0.15) is 21.2 Å². The molecule has 1 aliphatic carbocycles. The van der Waals surface area contributed by atoms with E-state index in [1.54, 1.807) is 6.92 Å². The van der Waals surface area contributed by atoms with Gasteiger partial charge >= 0.3 is 57.4 Å². The molecule has 54 valence electrons. The molecule has 0 aromatic carbocycles. The summed E-state index contributed by atoms with van der Waals surface area (Å²) in [5.41, 5.74) is -0.705. The van der Waals surface area contributed by atoms with Gasteiger partial charge in [0.1, 0.15) is 0 Å². The maximum absolute atomic E-state index is 10.2. The second kappa shape index (κ2) is 3.65. The minimum Gasteiger partial charge on any atom is -1.00 e. The Bertz CT molecular complexity index is 141. The van der Waals surface area contributed by atoms with Crippen molar-refractivity contribution in [2.45, 2.75) is 25.4 Å². The van der Waals surface area contributed by atoms with E-state index < -0.39 is 11.6 Å². The van der Waals surface area contributed by atoms with Gasteiger partial charge in [0.15, 0.2) is 0 Å². The summed E-state index contributed by atoms with van der Waals surface area (Å²) in [6.45, 7) is 1.66. The van der Waals surface area contributed by atoms with Crippen LogP contribution in [0.3, 0.4) is 0 Å². The van der Waals surface area contributed by atoms with Gasteiger partial charge in [-0.3, -0.25) is 4.79 Å². The summed E-state index contributed by atoms with van der Waals surface area (Å²) in [6, 6.07) is 0. The fourth-order valence-corrected chi connectivity index (χ4v) is 1.18. The molecule has 0 saturated heterocycles. The van der Waals surface area contributed by atoms with Crippen LogP contribution in [0.2, 0.25) is 0 Å². The number of aliphatic hydroxyl groups is 1. The molecular weight excluding hydrogens is 159 g/mol. The smallest absolute Gasteiger partial charge is 1.00 e. The normalized spacial score (nSPS) is 37.6. The Kier molecular flexibility index (Phi) is 4.03. The maximum Gasteiger partial charge on any atom is 1.00 e. The van der Waals surface area contributed by atoms with E-state index in [1.807, 2.05) is 0 Å². The molecule has 0 unspecified atom stereocenters. The van der Waals surface area contributed by atoms with Gasteiger partial charge in [0.25, 0.3) is 0 Å². The van der Waals surface area contributed by atoms with E-state index in [0.29, 0.717) is 12.8 Å². The van der Waals surface area contributed by atoms with Gasteiger partial charge in [-0.1, -0.05) is 0 Å². The standard InChI is InChI=1S/C6H10O3.K.H/c1-6(9)2-4(3-6)5(7)8;;/h4,9H,2-3H2,1H3,(H,7,8);;/q;+1;-1. The summed E-state index contributed by atoms with van der Waals surface area (Å²) < 4.78 is 0. The van der Waals surface area contributed by atoms with Crippen LogP contribution in [0.4, 0.5) is 0 Å². The quantitative estimate of drug-likeness (QED) is 0.423. The summed E-state index contributed by atoms with van der Waals surface area (Å²) in [7, 11) is 0. The fraction of sp³-hybridized carbons (Fsp3) is 0.833. The van der Waals surface area contributed by atoms with Gasteiger partial charge in [0.2, 0.25) is 0 Å². The first-order valence-corrected chi connectivity index (χ1v) is 2.96. The zero-order chi connectivity index (χ0) is 7.07. The molecule has 0 amide bonds. The van der Waals surface area contributed by atoms with Crippen molar-refractivity contribution in [3.05, 3.63) is 0 Å². The molecule has 0 radical (unpaired) electrons. The average Bonchev–Trinajstić information content (AvgIpc) is 1.59. The molecule has 0 spiro atoms. The Hall–Kier alpha value is 1.07. The van der Waals surface area contributed by atoms with Crippen molar-refractivity contribution in [2.75, 3.05) is 0 Å². The second-order valence-electron chi connectivity index (χ2n) is 2.94. The predicted molar refractivity (Wildman–Crippen MR) is 32.1 cm³/mol. The van der Waals surface area contributed by atoms with Gasteiger partial charge in [-0.15, -0.1) is 0 Å². The largest absolute Gasteiger partial charge is 1.00 e. The number of hydrogen-bond acceptors (Lipinski definition) is 2. The van der Waals surface area contributed by atoms with Gasteiger partial charge in [-0.25, -0.2) is 0 Å². The molecule has 0 bridgehead atoms. The number of rotatable bonds is 1. The van der Waals surface area contributed by atoms with Crippen molar-refractivity contribution in [1.29, 1.82) is 0 Å². The molecule has 4 heteroatoms. The van der Waals surface area contributed by atoms with Crippen LogP contribution in [-0.2, 0) is 4.79 Å². The molecule has 10 heavy (non-hydrogen) atoms. The Morgan fingerprint density at radius 1 is 1.70 bits per heavy atom. The molecule has 1 saturated carbocycles. The molecule has 1 aliphatic rings. The fourth-order valence-electron chi connectivity index (χ4n) is 1.18. The molecule has 0 aliphatic heterocycles. The van der Waals surface area contributed by atoms with Gasteiger partial charge < -0.3 is 11.6 Å². The summed E-state index contributed by atoms with van der Waals surface area (Å²) >= 11 is 0. The zero-order valence-corrected chi connectivity index (χ0v) is 9.42. The average molecular weight is 170 g/mol. The Labute approximate surface area is 104 Å². The number of hydrogen-bond donors (Lipinski definition) is 2. The predicted octanol–water partition coefficient (Wildman–Crippen LogP) is -2.65. The molecule has 0 aromatic rings. The molecule has 1 fully saturated rings. The third-order valence-corrected chi connectivity index (χ3v) is 1.72. The number of carboxylic acid groups (broad SMARTS) is 1. The van der Waals surface area contributed by atoms with Crippen molar-refractivity contribution in [3.8, 4) is 0 Å². The van der Waals surface area contributed by atoms with Crippen molar-refractivity contribution in [3.63, 3.8) is 0 Å². The van der Waals surface area contributed by atoms with Crippen LogP contribution < -0.4 is 51.4 Å². The van der Waals surface area contributed by atoms with Gasteiger partial charge in [-0.2, -0.15) is 0 Å². The van der Waals surface area contributed by atoms with Crippen molar-refractivity contribution < 1.29 is 67.8 Å². The molecule has 2 N–H and O–H groups in total. The summed E-state index contributed by atoms with van der Waals surface area (Å²) in [4.78, 5) is 10.2. The van der Waals surface area contributed by atoms with E-state index in [0.717, 1.165) is 0 Å². The van der Waals surface area contributed by atoms with Crippen LogP contribution in [0.25, 0.3) is 0 Å². The molecule has 3 nitrogen and oxygen atoms in total. The van der Waals surface area contributed by atoms with Gasteiger partial charge in [-0.05, 0) is 19.8 Å². The molecule has 1 rings (SSSR count). The van der Waals surface area contributed by atoms with Crippen molar-refractivity contribution >= 4 is 5.97 Å². The van der Waals surface area contributed by atoms with E-state index in [1.165, 1.54) is 0 Å². The van der Waals surface area contributed by atoms with E-state index in [-0.39, 0.29) is 58.7 Å². The first kappa shape index (κ1) is 11.1. The van der Waals surface area contributed by atoms with E-state index in [2.05, 4.69) is 0 Å². The zero-order valence-electron chi connectivity index (χ0n) is 7.29. The van der Waals surface area contributed by atoms with Crippen LogP contribution >= 0.6 is 0 Å². The van der Waals surface area contributed by atoms with Crippen molar-refractivity contribution in [1.82, 2.24) is 0 Å². The Morgan fingerprint density at radius 2 is 2.10 bits per heavy atom. The molecule has 0 aromatic heterocycles. The van der Waals surface area contributed by atoms with Gasteiger partial charge in [0.05, 0.1) is 11.5 Å². The number of carbonyl (C=O) groups is 1. The Balaban J connectivity index is 0. The molecular formula is C6H11KO3. The minimum absolute atomic E-state index is 0. The van der Waals surface area contributed by atoms with E-state index in [4.69, 9.17) is 10.2 Å². The SMILES string of the molecule is CC1(O)CC(C(=O)O)C1.[H-].[K+]. The summed E-state index contributed by atoms with van der Waals surface area (Å²) in [6.07, 6.45) is 0.810. The summed E-state index contributed by atoms with van der Waals surface area (Å²) in [5, 5.41) is 17.4. The van der Waals surface area contributed by atoms with Crippen LogP contribution in [-0.4, -0.2) is 21.8 Å². The Morgan fingerprint density at radius 3 is 2.20 bits per heavy atom. The van der Waals surface area contributed by atoms with Crippen molar-refractivity contribution in [2.24, 2.45) is 5.92 Å². The van der Waals surface area contributed by atoms with Crippen LogP contribution in [0.5, 0.6) is 0 Å². The first-order valence-electron chi connectivity index (χ1n) is 2.96. The third kappa shape index (κ3) is 2.60. The van der Waals surface area contributed by atoms with Gasteiger partial charge in [0, 0.05) is 0 Å². The van der Waals surface area contributed by atoms with E-state index >= 15 is 0 Å². The van der Waals surface area contributed by atoms with E-state index in [9.17, 15) is 4.79 Å².